The molecule has 0 unspecified atom stereocenters. The van der Waals surface area contributed by atoms with Crippen LogP contribution in [0.3, 0.4) is 0 Å². The number of hydrogen-bond donors (Lipinski definition) is 2. The Labute approximate surface area is 83.7 Å². The van der Waals surface area contributed by atoms with Gasteiger partial charge in [0.25, 0.3) is 5.56 Å². The molecule has 0 aromatic carbocycles. The van der Waals surface area contributed by atoms with Crippen LogP contribution in [0.2, 0.25) is 0 Å². The molecule has 0 saturated carbocycles. The summed E-state index contributed by atoms with van der Waals surface area (Å²) in [5.74, 6) is 0. The molecular weight excluding hydrogens is 178 g/mol. The predicted octanol–water partition coefficient (Wildman–Crippen LogP) is 1.76. The zero-order chi connectivity index (χ0) is 10.2. The first kappa shape index (κ1) is 10.8. The number of aromatic amines is 1. The number of nitrogens with one attached hydrogen (secondary N) is 2. The van der Waals surface area contributed by atoms with Crippen LogP contribution in [0.25, 0.3) is 0 Å². The van der Waals surface area contributed by atoms with Crippen molar-refractivity contribution in [3.8, 4) is 0 Å². The third kappa shape index (κ3) is 4.07. The van der Waals surface area contributed by atoms with Crippen molar-refractivity contribution < 1.29 is 0 Å². The summed E-state index contributed by atoms with van der Waals surface area (Å²) >= 11 is 0. The summed E-state index contributed by atoms with van der Waals surface area (Å²) in [7, 11) is 0. The van der Waals surface area contributed by atoms with E-state index in [1.165, 1.54) is 25.3 Å². The lowest BCUT2D eigenvalue weighted by atomic mass is 10.2. The van der Waals surface area contributed by atoms with Gasteiger partial charge in [-0.2, -0.15) is 5.10 Å². The molecule has 1 rings (SSSR count). The van der Waals surface area contributed by atoms with Gasteiger partial charge in [0.2, 0.25) is 0 Å². The SMILES string of the molecule is CCCCCCNc1cn[nH]c(=O)c1. The lowest BCUT2D eigenvalue weighted by Crippen LogP contribution is -2.09. The van der Waals surface area contributed by atoms with Gasteiger partial charge in [-0.25, -0.2) is 5.10 Å². The molecule has 0 amide bonds. The summed E-state index contributed by atoms with van der Waals surface area (Å²) in [5.41, 5.74) is 0.633. The molecule has 0 fully saturated rings. The highest BCUT2D eigenvalue weighted by molar-refractivity contribution is 5.38. The predicted molar refractivity (Wildman–Crippen MR) is 57.5 cm³/mol. The second-order valence-corrected chi connectivity index (χ2v) is 3.32. The van der Waals surface area contributed by atoms with Gasteiger partial charge in [-0.1, -0.05) is 26.2 Å². The fourth-order valence-corrected chi connectivity index (χ4v) is 1.26. The topological polar surface area (TPSA) is 57.8 Å². The summed E-state index contributed by atoms with van der Waals surface area (Å²) < 4.78 is 0. The Kier molecular flexibility index (Phi) is 4.75. The minimum Gasteiger partial charge on any atom is -0.384 e. The van der Waals surface area contributed by atoms with E-state index < -0.39 is 0 Å². The fraction of sp³-hybridized carbons (Fsp3) is 0.600. The molecule has 1 aromatic rings. The van der Waals surface area contributed by atoms with Gasteiger partial charge in [0.05, 0.1) is 11.9 Å². The Balaban J connectivity index is 2.21. The maximum Gasteiger partial charge on any atom is 0.266 e. The van der Waals surface area contributed by atoms with Crippen LogP contribution in [0.5, 0.6) is 0 Å². The molecular formula is C10H17N3O. The highest BCUT2D eigenvalue weighted by atomic mass is 16.1. The summed E-state index contributed by atoms with van der Waals surface area (Å²) in [6.07, 6.45) is 6.52. The Bertz CT molecular complexity index is 308. The van der Waals surface area contributed by atoms with Crippen molar-refractivity contribution in [3.63, 3.8) is 0 Å². The Hall–Kier alpha value is -1.32. The molecule has 0 aliphatic carbocycles. The number of hydrogen-bond acceptors (Lipinski definition) is 3. The lowest BCUT2D eigenvalue weighted by molar-refractivity contribution is 0.685. The number of unbranched alkanes of at least 4 members (excludes halogenated alkanes) is 3. The minimum atomic E-state index is -0.163. The molecule has 2 N–H and O–H groups in total. The van der Waals surface area contributed by atoms with Gasteiger partial charge in [-0.3, -0.25) is 4.79 Å². The van der Waals surface area contributed by atoms with E-state index in [9.17, 15) is 4.79 Å². The first-order valence-electron chi connectivity index (χ1n) is 5.11. The highest BCUT2D eigenvalue weighted by Crippen LogP contribution is 2.02. The molecule has 0 spiro atoms. The van der Waals surface area contributed by atoms with Crippen molar-refractivity contribution in [1.29, 1.82) is 0 Å². The van der Waals surface area contributed by atoms with Crippen molar-refractivity contribution >= 4 is 5.69 Å². The van der Waals surface area contributed by atoms with Crippen LogP contribution in [0.15, 0.2) is 17.1 Å². The van der Waals surface area contributed by atoms with Crippen molar-refractivity contribution in [2.45, 2.75) is 32.6 Å². The zero-order valence-electron chi connectivity index (χ0n) is 8.55. The van der Waals surface area contributed by atoms with Gasteiger partial charge in [-0.05, 0) is 6.42 Å². The van der Waals surface area contributed by atoms with Crippen LogP contribution >= 0.6 is 0 Å². The van der Waals surface area contributed by atoms with Crippen LogP contribution in [0.1, 0.15) is 32.6 Å². The highest BCUT2D eigenvalue weighted by Gasteiger charge is 1.92. The summed E-state index contributed by atoms with van der Waals surface area (Å²) in [6.45, 7) is 3.10. The molecule has 4 heteroatoms. The van der Waals surface area contributed by atoms with Gasteiger partial charge in [0.15, 0.2) is 0 Å². The number of H-pyrrole nitrogens is 1. The lowest BCUT2D eigenvalue weighted by Gasteiger charge is -2.03. The second-order valence-electron chi connectivity index (χ2n) is 3.32. The summed E-state index contributed by atoms with van der Waals surface area (Å²) in [5, 5.41) is 9.20. The van der Waals surface area contributed by atoms with E-state index in [2.05, 4.69) is 22.4 Å². The Morgan fingerprint density at radius 1 is 1.43 bits per heavy atom. The van der Waals surface area contributed by atoms with Gasteiger partial charge < -0.3 is 5.32 Å². The largest absolute Gasteiger partial charge is 0.384 e. The quantitative estimate of drug-likeness (QED) is 0.680. The average Bonchev–Trinajstić information content (AvgIpc) is 2.18. The van der Waals surface area contributed by atoms with Crippen molar-refractivity contribution in [3.05, 3.63) is 22.6 Å². The van der Waals surface area contributed by atoms with E-state index in [0.717, 1.165) is 18.7 Å². The van der Waals surface area contributed by atoms with Crippen LogP contribution in [-0.2, 0) is 0 Å². The molecule has 1 aromatic heterocycles. The van der Waals surface area contributed by atoms with Gasteiger partial charge in [0.1, 0.15) is 0 Å². The first-order valence-corrected chi connectivity index (χ1v) is 5.11. The van der Waals surface area contributed by atoms with E-state index in [1.54, 1.807) is 6.20 Å². The maximum absolute atomic E-state index is 10.9. The molecule has 0 saturated heterocycles. The second kappa shape index (κ2) is 6.18. The minimum absolute atomic E-state index is 0.163. The number of aromatic nitrogens is 2. The molecule has 4 nitrogen and oxygen atoms in total. The van der Waals surface area contributed by atoms with Crippen molar-refractivity contribution in [2.24, 2.45) is 0 Å². The third-order valence-corrected chi connectivity index (χ3v) is 2.02. The number of anilines is 1. The van der Waals surface area contributed by atoms with Gasteiger partial charge >= 0.3 is 0 Å². The van der Waals surface area contributed by atoms with Crippen LogP contribution in [-0.4, -0.2) is 16.7 Å². The molecule has 0 atom stereocenters. The van der Waals surface area contributed by atoms with E-state index >= 15 is 0 Å². The monoisotopic (exact) mass is 195 g/mol. The molecule has 0 radical (unpaired) electrons. The Morgan fingerprint density at radius 3 is 3.00 bits per heavy atom. The van der Waals surface area contributed by atoms with Crippen LogP contribution in [0.4, 0.5) is 5.69 Å². The number of nitrogens with zero attached hydrogens (tertiary/aromatic N) is 1. The molecule has 78 valence electrons. The van der Waals surface area contributed by atoms with E-state index in [4.69, 9.17) is 0 Å². The summed E-state index contributed by atoms with van der Waals surface area (Å²) in [4.78, 5) is 10.9. The van der Waals surface area contributed by atoms with Crippen LogP contribution < -0.4 is 10.9 Å². The van der Waals surface area contributed by atoms with Crippen molar-refractivity contribution in [2.75, 3.05) is 11.9 Å². The first-order chi connectivity index (χ1) is 6.83. The molecule has 0 aliphatic heterocycles. The molecule has 14 heavy (non-hydrogen) atoms. The average molecular weight is 195 g/mol. The Morgan fingerprint density at radius 2 is 2.29 bits per heavy atom. The standard InChI is InChI=1S/C10H17N3O/c1-2-3-4-5-6-11-9-7-10(14)13-12-8-9/h7-8H,2-6H2,1H3,(H2,11,13,14). The van der Waals surface area contributed by atoms with E-state index in [0.29, 0.717) is 0 Å². The van der Waals surface area contributed by atoms with E-state index in [1.807, 2.05) is 0 Å². The smallest absolute Gasteiger partial charge is 0.266 e. The number of rotatable bonds is 6. The fourth-order valence-electron chi connectivity index (χ4n) is 1.26. The third-order valence-electron chi connectivity index (χ3n) is 2.02. The molecule has 0 aliphatic rings. The maximum atomic E-state index is 10.9. The molecule has 1 heterocycles. The zero-order valence-corrected chi connectivity index (χ0v) is 8.55. The van der Waals surface area contributed by atoms with Gasteiger partial charge in [-0.15, -0.1) is 0 Å². The van der Waals surface area contributed by atoms with Crippen LogP contribution in [0, 0.1) is 0 Å². The van der Waals surface area contributed by atoms with Crippen molar-refractivity contribution in [1.82, 2.24) is 10.2 Å². The summed E-state index contributed by atoms with van der Waals surface area (Å²) in [6, 6.07) is 1.52. The normalized spacial score (nSPS) is 10.1. The van der Waals surface area contributed by atoms with Gasteiger partial charge in [0, 0.05) is 12.6 Å². The molecule has 0 bridgehead atoms. The van der Waals surface area contributed by atoms with E-state index in [-0.39, 0.29) is 5.56 Å².